The van der Waals surface area contributed by atoms with Gasteiger partial charge in [0.2, 0.25) is 0 Å². The maximum absolute atomic E-state index is 11.9. The zero-order chi connectivity index (χ0) is 16.3. The van der Waals surface area contributed by atoms with Gasteiger partial charge in [-0.05, 0) is 23.3 Å². The molecule has 5 nitrogen and oxygen atoms in total. The molecule has 3 N–H and O–H groups in total. The standard InChI is InChI=1S/C17H18N2O3/c1-19(2)15(20)12-8-10-14(11-9-12)17(22,16(18)21)13-6-4-3-5-7-13/h3-11,22H,1-2H3,(H2,18,21). The maximum Gasteiger partial charge on any atom is 0.258 e. The lowest BCUT2D eigenvalue weighted by molar-refractivity contribution is -0.133. The van der Waals surface area contributed by atoms with Crippen LogP contribution in [-0.2, 0) is 10.4 Å². The van der Waals surface area contributed by atoms with E-state index in [1.807, 2.05) is 0 Å². The molecule has 2 aromatic rings. The van der Waals surface area contributed by atoms with Crippen LogP contribution < -0.4 is 5.73 Å². The van der Waals surface area contributed by atoms with Crippen molar-refractivity contribution in [2.75, 3.05) is 14.1 Å². The lowest BCUT2D eigenvalue weighted by Crippen LogP contribution is -2.42. The van der Waals surface area contributed by atoms with E-state index in [2.05, 4.69) is 0 Å². The van der Waals surface area contributed by atoms with Gasteiger partial charge in [0.25, 0.3) is 11.8 Å². The summed E-state index contributed by atoms with van der Waals surface area (Å²) in [5, 5.41) is 10.8. The molecular weight excluding hydrogens is 280 g/mol. The third-order valence-electron chi connectivity index (χ3n) is 3.50. The van der Waals surface area contributed by atoms with Crippen molar-refractivity contribution in [1.29, 1.82) is 0 Å². The Kier molecular flexibility index (Phi) is 4.28. The highest BCUT2D eigenvalue weighted by molar-refractivity contribution is 5.94. The Labute approximate surface area is 129 Å². The van der Waals surface area contributed by atoms with Crippen LogP contribution in [0.1, 0.15) is 21.5 Å². The van der Waals surface area contributed by atoms with Crippen molar-refractivity contribution in [2.24, 2.45) is 5.73 Å². The molecule has 0 saturated carbocycles. The third kappa shape index (κ3) is 2.71. The molecule has 1 unspecified atom stereocenters. The van der Waals surface area contributed by atoms with Crippen LogP contribution in [0.2, 0.25) is 0 Å². The first-order valence-electron chi connectivity index (χ1n) is 6.77. The number of nitrogens with two attached hydrogens (primary N) is 1. The second-order valence-electron chi connectivity index (χ2n) is 5.22. The third-order valence-corrected chi connectivity index (χ3v) is 3.50. The summed E-state index contributed by atoms with van der Waals surface area (Å²) in [5.41, 5.74) is 4.66. The summed E-state index contributed by atoms with van der Waals surface area (Å²) in [6, 6.07) is 14.7. The van der Waals surface area contributed by atoms with Crippen molar-refractivity contribution < 1.29 is 14.7 Å². The fourth-order valence-corrected chi connectivity index (χ4v) is 2.24. The Morgan fingerprint density at radius 1 is 0.955 bits per heavy atom. The number of hydrogen-bond donors (Lipinski definition) is 2. The van der Waals surface area contributed by atoms with Gasteiger partial charge in [0, 0.05) is 19.7 Å². The van der Waals surface area contributed by atoms with Gasteiger partial charge in [-0.15, -0.1) is 0 Å². The minimum absolute atomic E-state index is 0.158. The zero-order valence-corrected chi connectivity index (χ0v) is 12.5. The maximum atomic E-state index is 11.9. The Morgan fingerprint density at radius 2 is 1.45 bits per heavy atom. The SMILES string of the molecule is CN(C)C(=O)c1ccc(C(O)(C(N)=O)c2ccccc2)cc1. The molecule has 2 rings (SSSR count). The number of carbonyl (C=O) groups is 2. The Morgan fingerprint density at radius 3 is 1.91 bits per heavy atom. The van der Waals surface area contributed by atoms with E-state index in [0.29, 0.717) is 16.7 Å². The van der Waals surface area contributed by atoms with Crippen LogP contribution in [0.25, 0.3) is 0 Å². The van der Waals surface area contributed by atoms with E-state index in [-0.39, 0.29) is 5.91 Å². The molecule has 1 atom stereocenters. The van der Waals surface area contributed by atoms with Gasteiger partial charge in [0.1, 0.15) is 0 Å². The van der Waals surface area contributed by atoms with Crippen LogP contribution in [-0.4, -0.2) is 35.9 Å². The van der Waals surface area contributed by atoms with Gasteiger partial charge in [-0.3, -0.25) is 9.59 Å². The Bertz CT molecular complexity index is 681. The number of primary amides is 1. The first-order valence-corrected chi connectivity index (χ1v) is 6.77. The highest BCUT2D eigenvalue weighted by atomic mass is 16.3. The number of nitrogens with zero attached hydrogens (tertiary/aromatic N) is 1. The zero-order valence-electron chi connectivity index (χ0n) is 12.5. The molecule has 5 heteroatoms. The lowest BCUT2D eigenvalue weighted by atomic mass is 9.85. The van der Waals surface area contributed by atoms with Crippen molar-refractivity contribution in [1.82, 2.24) is 4.90 Å². The van der Waals surface area contributed by atoms with Gasteiger partial charge >= 0.3 is 0 Å². The number of amides is 2. The van der Waals surface area contributed by atoms with Gasteiger partial charge in [-0.25, -0.2) is 0 Å². The molecule has 0 aromatic heterocycles. The van der Waals surface area contributed by atoms with Gasteiger partial charge in [-0.1, -0.05) is 42.5 Å². The molecule has 114 valence electrons. The molecule has 0 heterocycles. The summed E-state index contributed by atoms with van der Waals surface area (Å²) >= 11 is 0. The van der Waals surface area contributed by atoms with E-state index in [1.54, 1.807) is 56.6 Å². The van der Waals surface area contributed by atoms with Crippen LogP contribution in [0.4, 0.5) is 0 Å². The lowest BCUT2D eigenvalue weighted by Gasteiger charge is -2.26. The van der Waals surface area contributed by atoms with E-state index < -0.39 is 11.5 Å². The summed E-state index contributed by atoms with van der Waals surface area (Å²) < 4.78 is 0. The topological polar surface area (TPSA) is 83.6 Å². The van der Waals surface area contributed by atoms with E-state index in [1.165, 1.54) is 17.0 Å². The van der Waals surface area contributed by atoms with Gasteiger partial charge in [0.15, 0.2) is 5.60 Å². The molecule has 0 aliphatic carbocycles. The number of aliphatic hydroxyl groups is 1. The van der Waals surface area contributed by atoms with Crippen molar-refractivity contribution in [3.05, 3.63) is 71.3 Å². The number of hydrogen-bond acceptors (Lipinski definition) is 3. The number of benzene rings is 2. The normalized spacial score (nSPS) is 13.2. The second kappa shape index (κ2) is 5.99. The first kappa shape index (κ1) is 15.7. The summed E-state index contributed by atoms with van der Waals surface area (Å²) in [6.07, 6.45) is 0. The minimum atomic E-state index is -1.93. The number of carbonyl (C=O) groups excluding carboxylic acids is 2. The molecule has 22 heavy (non-hydrogen) atoms. The molecule has 0 aliphatic heterocycles. The quantitative estimate of drug-likeness (QED) is 0.887. The molecule has 0 spiro atoms. The first-order chi connectivity index (χ1) is 10.4. The van der Waals surface area contributed by atoms with Gasteiger partial charge in [0.05, 0.1) is 0 Å². The smallest absolute Gasteiger partial charge is 0.258 e. The minimum Gasteiger partial charge on any atom is -0.372 e. The molecule has 0 aliphatic rings. The molecular formula is C17H18N2O3. The Hall–Kier alpha value is -2.66. The van der Waals surface area contributed by atoms with E-state index in [9.17, 15) is 14.7 Å². The predicted octanol–water partition coefficient (Wildman–Crippen LogP) is 1.11. The fourth-order valence-electron chi connectivity index (χ4n) is 2.24. The summed E-state index contributed by atoms with van der Waals surface area (Å²) in [6.45, 7) is 0. The van der Waals surface area contributed by atoms with Crippen molar-refractivity contribution in [2.45, 2.75) is 5.60 Å². The largest absolute Gasteiger partial charge is 0.372 e. The molecule has 0 saturated heterocycles. The predicted molar refractivity (Wildman–Crippen MR) is 83.1 cm³/mol. The highest BCUT2D eigenvalue weighted by Gasteiger charge is 2.38. The average Bonchev–Trinajstić information content (AvgIpc) is 2.54. The molecule has 0 radical (unpaired) electrons. The van der Waals surface area contributed by atoms with E-state index in [4.69, 9.17) is 5.73 Å². The summed E-state index contributed by atoms with van der Waals surface area (Å²) in [4.78, 5) is 25.2. The fraction of sp³-hybridized carbons (Fsp3) is 0.176. The molecule has 0 bridgehead atoms. The van der Waals surface area contributed by atoms with Crippen molar-refractivity contribution >= 4 is 11.8 Å². The second-order valence-corrected chi connectivity index (χ2v) is 5.22. The van der Waals surface area contributed by atoms with Gasteiger partial charge in [-0.2, -0.15) is 0 Å². The summed E-state index contributed by atoms with van der Waals surface area (Å²) in [5.74, 6) is -1.03. The van der Waals surface area contributed by atoms with E-state index >= 15 is 0 Å². The van der Waals surface area contributed by atoms with Crippen LogP contribution in [0.5, 0.6) is 0 Å². The van der Waals surface area contributed by atoms with Gasteiger partial charge < -0.3 is 15.7 Å². The molecule has 0 fully saturated rings. The highest BCUT2D eigenvalue weighted by Crippen LogP contribution is 2.29. The average molecular weight is 298 g/mol. The molecule has 2 amide bonds. The number of rotatable bonds is 4. The monoisotopic (exact) mass is 298 g/mol. The Balaban J connectivity index is 2.47. The van der Waals surface area contributed by atoms with Crippen LogP contribution >= 0.6 is 0 Å². The van der Waals surface area contributed by atoms with Crippen LogP contribution in [0.15, 0.2) is 54.6 Å². The summed E-state index contributed by atoms with van der Waals surface area (Å²) in [7, 11) is 3.31. The van der Waals surface area contributed by atoms with Crippen molar-refractivity contribution in [3.8, 4) is 0 Å². The molecule has 2 aromatic carbocycles. The van der Waals surface area contributed by atoms with Crippen LogP contribution in [0.3, 0.4) is 0 Å². The van der Waals surface area contributed by atoms with Crippen LogP contribution in [0, 0.1) is 0 Å². The van der Waals surface area contributed by atoms with E-state index in [0.717, 1.165) is 0 Å². The van der Waals surface area contributed by atoms with Crippen molar-refractivity contribution in [3.63, 3.8) is 0 Å².